The first-order valence-corrected chi connectivity index (χ1v) is 14.7. The standard InChI is InChI=1S/C32H40ClF3N6O2/c1-20(2)8-7-11-29(31(44)40-22(4)25-9-5-6-10-27(25)39-19-43)41-15-14-23(16-21(41)3)26-17-24(33)12-13-28(26)42(38)18-30(37)32(34,35)36/h5-6,9-10,12-13,16-20,22,29H,3,7-8,11,14-15,37-38H2,1-2,4H3,(H,39,43)(H,40,44)/b30-18-. The lowest BCUT2D eigenvalue weighted by atomic mass is 9.94. The lowest BCUT2D eigenvalue weighted by Gasteiger charge is -2.37. The van der Waals surface area contributed by atoms with Gasteiger partial charge in [-0.1, -0.05) is 63.1 Å². The highest BCUT2D eigenvalue weighted by Gasteiger charge is 2.33. The van der Waals surface area contributed by atoms with Crippen LogP contribution in [-0.2, 0) is 9.59 Å². The van der Waals surface area contributed by atoms with E-state index in [4.69, 9.17) is 23.2 Å². The number of nitrogens with zero attached hydrogens (tertiary/aromatic N) is 2. The molecule has 6 N–H and O–H groups in total. The number of para-hydroxylation sites is 1. The summed E-state index contributed by atoms with van der Waals surface area (Å²) < 4.78 is 39.2. The number of nitrogens with two attached hydrogens (primary N) is 2. The van der Waals surface area contributed by atoms with Crippen molar-refractivity contribution in [3.8, 4) is 0 Å². The number of hydrazine groups is 1. The molecule has 2 unspecified atom stereocenters. The lowest BCUT2D eigenvalue weighted by Crippen LogP contribution is -2.48. The third-order valence-corrected chi connectivity index (χ3v) is 7.69. The molecule has 0 aliphatic carbocycles. The van der Waals surface area contributed by atoms with Crippen LogP contribution < -0.4 is 27.2 Å². The zero-order valence-electron chi connectivity index (χ0n) is 25.1. The highest BCUT2D eigenvalue weighted by atomic mass is 35.5. The molecule has 2 amide bonds. The van der Waals surface area contributed by atoms with Gasteiger partial charge in [-0.05, 0) is 67.2 Å². The summed E-state index contributed by atoms with van der Waals surface area (Å²) in [5.41, 5.74) is 7.37. The van der Waals surface area contributed by atoms with Crippen molar-refractivity contribution in [1.29, 1.82) is 0 Å². The second-order valence-corrected chi connectivity index (χ2v) is 11.6. The summed E-state index contributed by atoms with van der Waals surface area (Å²) in [5, 5.41) is 6.99. The topological polar surface area (TPSA) is 117 Å². The number of anilines is 2. The molecule has 0 bridgehead atoms. The Balaban J connectivity index is 1.89. The van der Waals surface area contributed by atoms with Crippen molar-refractivity contribution >= 4 is 40.9 Å². The van der Waals surface area contributed by atoms with Crippen LogP contribution >= 0.6 is 11.6 Å². The average molecular weight is 633 g/mol. The number of carbonyl (C=O) groups excluding carboxylic acids is 2. The minimum absolute atomic E-state index is 0.176. The van der Waals surface area contributed by atoms with E-state index in [0.717, 1.165) is 29.0 Å². The molecule has 0 spiro atoms. The van der Waals surface area contributed by atoms with E-state index in [1.54, 1.807) is 24.3 Å². The van der Waals surface area contributed by atoms with Crippen LogP contribution in [-0.4, -0.2) is 36.0 Å². The molecule has 44 heavy (non-hydrogen) atoms. The zero-order chi connectivity index (χ0) is 32.6. The fourth-order valence-electron chi connectivity index (χ4n) is 5.20. The summed E-state index contributed by atoms with van der Waals surface area (Å²) in [6.07, 6.45) is 1.09. The number of benzene rings is 2. The Morgan fingerprint density at radius 3 is 2.52 bits per heavy atom. The normalized spacial score (nSPS) is 15.5. The van der Waals surface area contributed by atoms with Crippen molar-refractivity contribution in [2.24, 2.45) is 17.5 Å². The highest BCUT2D eigenvalue weighted by molar-refractivity contribution is 6.30. The van der Waals surface area contributed by atoms with Gasteiger partial charge in [-0.2, -0.15) is 13.2 Å². The van der Waals surface area contributed by atoms with Gasteiger partial charge in [0.1, 0.15) is 11.7 Å². The first-order valence-electron chi connectivity index (χ1n) is 14.4. The molecule has 0 fully saturated rings. The molecule has 2 aromatic carbocycles. The second-order valence-electron chi connectivity index (χ2n) is 11.2. The van der Waals surface area contributed by atoms with E-state index >= 15 is 0 Å². The monoisotopic (exact) mass is 632 g/mol. The van der Waals surface area contributed by atoms with E-state index in [2.05, 4.69) is 31.1 Å². The molecule has 1 aliphatic rings. The molecule has 0 aromatic heterocycles. The summed E-state index contributed by atoms with van der Waals surface area (Å²) in [4.78, 5) is 26.8. The Bertz CT molecular complexity index is 1410. The molecule has 1 aliphatic heterocycles. The van der Waals surface area contributed by atoms with Crippen LogP contribution in [0.4, 0.5) is 24.5 Å². The third kappa shape index (κ3) is 9.03. The quantitative estimate of drug-likeness (QED) is 0.112. The first-order chi connectivity index (χ1) is 20.7. The van der Waals surface area contributed by atoms with E-state index in [-0.39, 0.29) is 17.6 Å². The SMILES string of the molecule is C=C1C=C(c2cc(Cl)ccc2N(N)/C=C(\N)C(F)(F)F)CCN1C(CCCC(C)C)C(=O)NC(C)c1ccccc1NC=O. The summed E-state index contributed by atoms with van der Waals surface area (Å²) in [6, 6.07) is 11.0. The Morgan fingerprint density at radius 2 is 1.89 bits per heavy atom. The molecule has 12 heteroatoms. The van der Waals surface area contributed by atoms with Crippen LogP contribution in [0.1, 0.15) is 63.6 Å². The molecule has 0 saturated heterocycles. The van der Waals surface area contributed by atoms with Crippen molar-refractivity contribution < 1.29 is 22.8 Å². The molecule has 8 nitrogen and oxygen atoms in total. The minimum Gasteiger partial charge on any atom is -0.393 e. The number of amides is 2. The largest absolute Gasteiger partial charge is 0.432 e. The van der Waals surface area contributed by atoms with E-state index in [1.165, 1.54) is 12.1 Å². The predicted octanol–water partition coefficient (Wildman–Crippen LogP) is 6.63. The van der Waals surface area contributed by atoms with Gasteiger partial charge in [-0.25, -0.2) is 5.84 Å². The Hall–Kier alpha value is -3.96. The van der Waals surface area contributed by atoms with Crippen LogP contribution in [0.15, 0.2) is 72.7 Å². The van der Waals surface area contributed by atoms with Crippen LogP contribution in [0.25, 0.3) is 5.57 Å². The molecule has 2 atom stereocenters. The number of halogens is 4. The molecular weight excluding hydrogens is 593 g/mol. The van der Waals surface area contributed by atoms with Crippen molar-refractivity contribution in [2.45, 2.75) is 64.7 Å². The number of carbonyl (C=O) groups is 2. The smallest absolute Gasteiger partial charge is 0.393 e. The van der Waals surface area contributed by atoms with Crippen LogP contribution in [0.5, 0.6) is 0 Å². The van der Waals surface area contributed by atoms with E-state index in [1.807, 2.05) is 24.0 Å². The lowest BCUT2D eigenvalue weighted by molar-refractivity contribution is -0.126. The van der Waals surface area contributed by atoms with E-state index < -0.39 is 17.9 Å². The van der Waals surface area contributed by atoms with Crippen LogP contribution in [0, 0.1) is 5.92 Å². The summed E-state index contributed by atoms with van der Waals surface area (Å²) in [7, 11) is 0. The van der Waals surface area contributed by atoms with Gasteiger partial charge in [0.25, 0.3) is 0 Å². The van der Waals surface area contributed by atoms with Crippen molar-refractivity contribution in [3.63, 3.8) is 0 Å². The van der Waals surface area contributed by atoms with Crippen molar-refractivity contribution in [2.75, 3.05) is 16.9 Å². The Kier molecular flexibility index (Phi) is 11.9. The first kappa shape index (κ1) is 34.5. The minimum atomic E-state index is -4.74. The predicted molar refractivity (Wildman–Crippen MR) is 170 cm³/mol. The molecule has 3 rings (SSSR count). The highest BCUT2D eigenvalue weighted by Crippen LogP contribution is 2.36. The van der Waals surface area contributed by atoms with Gasteiger partial charge in [-0.3, -0.25) is 14.6 Å². The van der Waals surface area contributed by atoms with Crippen LogP contribution in [0.3, 0.4) is 0 Å². The van der Waals surface area contributed by atoms with Gasteiger partial charge in [0.15, 0.2) is 0 Å². The Morgan fingerprint density at radius 1 is 1.18 bits per heavy atom. The number of nitrogens with one attached hydrogen (secondary N) is 2. The van der Waals surface area contributed by atoms with Gasteiger partial charge in [0.05, 0.1) is 11.7 Å². The maximum absolute atomic E-state index is 13.8. The maximum Gasteiger partial charge on any atom is 0.432 e. The second kappa shape index (κ2) is 15.2. The van der Waals surface area contributed by atoms with E-state index in [9.17, 15) is 22.8 Å². The van der Waals surface area contributed by atoms with Gasteiger partial charge in [0.2, 0.25) is 12.3 Å². The van der Waals surface area contributed by atoms with Gasteiger partial charge in [-0.15, -0.1) is 0 Å². The number of allylic oxidation sites excluding steroid dienone is 2. The maximum atomic E-state index is 13.8. The van der Waals surface area contributed by atoms with Crippen molar-refractivity contribution in [3.05, 3.63) is 88.9 Å². The fraction of sp³-hybridized carbons (Fsp3) is 0.375. The number of rotatable bonds is 13. The van der Waals surface area contributed by atoms with E-state index in [0.29, 0.717) is 59.9 Å². The van der Waals surface area contributed by atoms with Gasteiger partial charge < -0.3 is 21.3 Å². The number of hydrogen-bond donors (Lipinski definition) is 4. The summed E-state index contributed by atoms with van der Waals surface area (Å²) in [5.74, 6) is 6.29. The fourth-order valence-corrected chi connectivity index (χ4v) is 5.37. The average Bonchev–Trinajstić information content (AvgIpc) is 2.95. The molecule has 1 heterocycles. The Labute approximate surface area is 261 Å². The molecule has 2 aromatic rings. The number of hydrogen-bond acceptors (Lipinski definition) is 6. The van der Waals surface area contributed by atoms with Crippen LogP contribution in [0.2, 0.25) is 5.02 Å². The van der Waals surface area contributed by atoms with Crippen molar-refractivity contribution in [1.82, 2.24) is 10.2 Å². The third-order valence-electron chi connectivity index (χ3n) is 7.46. The zero-order valence-corrected chi connectivity index (χ0v) is 25.9. The van der Waals surface area contributed by atoms with Gasteiger partial charge in [0, 0.05) is 34.7 Å². The molecule has 238 valence electrons. The number of alkyl halides is 3. The summed E-state index contributed by atoms with van der Waals surface area (Å²) >= 11 is 6.27. The summed E-state index contributed by atoms with van der Waals surface area (Å²) in [6.45, 7) is 10.8. The molecule has 0 radical (unpaired) electrons. The molecular formula is C32H40ClF3N6O2. The van der Waals surface area contributed by atoms with Gasteiger partial charge >= 0.3 is 6.18 Å². The molecule has 0 saturated carbocycles.